The van der Waals surface area contributed by atoms with Gasteiger partial charge in [0.2, 0.25) is 0 Å². The van der Waals surface area contributed by atoms with Crippen molar-refractivity contribution >= 4 is 5.78 Å². The molecule has 134 valence electrons. The summed E-state index contributed by atoms with van der Waals surface area (Å²) in [5, 5.41) is 9.11. The molecule has 1 aliphatic heterocycles. The van der Waals surface area contributed by atoms with Crippen LogP contribution >= 0.6 is 0 Å². The Kier molecular flexibility index (Phi) is 4.20. The minimum Gasteiger partial charge on any atom is -0.485 e. The number of carbonyl (C=O) groups excluding carboxylic acids is 1. The molecule has 1 unspecified atom stereocenters. The van der Waals surface area contributed by atoms with Crippen molar-refractivity contribution < 1.29 is 9.53 Å². The predicted octanol–water partition coefficient (Wildman–Crippen LogP) is 5.62. The van der Waals surface area contributed by atoms with E-state index in [1.165, 1.54) is 11.1 Å². The van der Waals surface area contributed by atoms with E-state index >= 15 is 0 Å². The van der Waals surface area contributed by atoms with Gasteiger partial charge in [-0.3, -0.25) is 4.79 Å². The minimum atomic E-state index is -0.457. The third kappa shape index (κ3) is 2.98. The smallest absolute Gasteiger partial charge is 0.170 e. The van der Waals surface area contributed by atoms with Crippen molar-refractivity contribution in [2.45, 2.75) is 38.2 Å². The van der Waals surface area contributed by atoms with E-state index in [1.54, 1.807) is 6.07 Å². The SMILES string of the molecule is C=CC1=C(CC)CC2(CC(=O)c3cc(-c4cccc(C#N)c4)ccc3O2)C1. The molecule has 2 aromatic rings. The summed E-state index contributed by atoms with van der Waals surface area (Å²) in [6.07, 6.45) is 4.80. The maximum Gasteiger partial charge on any atom is 0.170 e. The number of nitrogens with zero attached hydrogens (tertiary/aromatic N) is 1. The van der Waals surface area contributed by atoms with Crippen molar-refractivity contribution in [1.29, 1.82) is 5.26 Å². The molecule has 1 spiro atoms. The Morgan fingerprint density at radius 3 is 2.70 bits per heavy atom. The highest BCUT2D eigenvalue weighted by molar-refractivity contribution is 6.01. The molecule has 0 saturated heterocycles. The van der Waals surface area contributed by atoms with Crippen LogP contribution in [0.25, 0.3) is 11.1 Å². The summed E-state index contributed by atoms with van der Waals surface area (Å²) in [6, 6.07) is 15.3. The van der Waals surface area contributed by atoms with Crippen LogP contribution in [0.5, 0.6) is 5.75 Å². The van der Waals surface area contributed by atoms with Crippen LogP contribution in [0.4, 0.5) is 0 Å². The third-order valence-corrected chi connectivity index (χ3v) is 5.59. The molecule has 3 nitrogen and oxygen atoms in total. The highest BCUT2D eigenvalue weighted by Crippen LogP contribution is 2.47. The molecule has 2 aromatic carbocycles. The highest BCUT2D eigenvalue weighted by atomic mass is 16.5. The maximum absolute atomic E-state index is 13.0. The van der Waals surface area contributed by atoms with Gasteiger partial charge in [0.25, 0.3) is 0 Å². The summed E-state index contributed by atoms with van der Waals surface area (Å²) >= 11 is 0. The predicted molar refractivity (Wildman–Crippen MR) is 106 cm³/mol. The van der Waals surface area contributed by atoms with Gasteiger partial charge in [0, 0.05) is 12.8 Å². The Hall–Kier alpha value is -3.12. The lowest BCUT2D eigenvalue weighted by molar-refractivity contribution is 0.0470. The van der Waals surface area contributed by atoms with Gasteiger partial charge in [-0.25, -0.2) is 0 Å². The standard InChI is InChI=1S/C24H21NO2/c1-3-17-12-24(13-18(17)4-2)14-22(26)21-11-20(8-9-23(21)27-24)19-7-5-6-16(10-19)15-25/h3,5-11H,1,4,12-14H2,2H3. The van der Waals surface area contributed by atoms with Crippen LogP contribution in [0.15, 0.2) is 66.3 Å². The van der Waals surface area contributed by atoms with Crippen LogP contribution < -0.4 is 4.74 Å². The van der Waals surface area contributed by atoms with Crippen molar-refractivity contribution in [3.05, 3.63) is 77.4 Å². The van der Waals surface area contributed by atoms with Gasteiger partial charge < -0.3 is 4.74 Å². The second kappa shape index (κ2) is 6.55. The summed E-state index contributed by atoms with van der Waals surface area (Å²) in [7, 11) is 0. The lowest BCUT2D eigenvalue weighted by Gasteiger charge is -2.35. The summed E-state index contributed by atoms with van der Waals surface area (Å²) in [5.41, 5.74) is 5.18. The van der Waals surface area contributed by atoms with Crippen molar-refractivity contribution in [2.24, 2.45) is 0 Å². The summed E-state index contributed by atoms with van der Waals surface area (Å²) in [5.74, 6) is 0.780. The van der Waals surface area contributed by atoms with Crippen LogP contribution in [0, 0.1) is 11.3 Å². The molecule has 4 rings (SSSR count). The number of fused-ring (bicyclic) bond motifs is 1. The summed E-state index contributed by atoms with van der Waals surface area (Å²) < 4.78 is 6.39. The largest absolute Gasteiger partial charge is 0.485 e. The number of Topliss-reactive ketones (excluding diaryl/α,β-unsaturated/α-hetero) is 1. The summed E-state index contributed by atoms with van der Waals surface area (Å²) in [4.78, 5) is 13.0. The van der Waals surface area contributed by atoms with Crippen molar-refractivity contribution in [1.82, 2.24) is 0 Å². The molecule has 1 aliphatic carbocycles. The van der Waals surface area contributed by atoms with Gasteiger partial charge in [-0.1, -0.05) is 43.4 Å². The first kappa shape index (κ1) is 17.3. The fourth-order valence-corrected chi connectivity index (χ4v) is 4.24. The third-order valence-electron chi connectivity index (χ3n) is 5.59. The number of ether oxygens (including phenoxy) is 1. The average Bonchev–Trinajstić information content (AvgIpc) is 3.04. The average molecular weight is 355 g/mol. The van der Waals surface area contributed by atoms with E-state index in [-0.39, 0.29) is 5.78 Å². The van der Waals surface area contributed by atoms with Crippen molar-refractivity contribution in [2.75, 3.05) is 0 Å². The van der Waals surface area contributed by atoms with Gasteiger partial charge in [0.05, 0.1) is 23.6 Å². The molecular weight excluding hydrogens is 334 g/mol. The maximum atomic E-state index is 13.0. The second-order valence-corrected chi connectivity index (χ2v) is 7.33. The number of hydrogen-bond acceptors (Lipinski definition) is 3. The number of benzene rings is 2. The number of allylic oxidation sites excluding steroid dienone is 1. The zero-order valence-corrected chi connectivity index (χ0v) is 15.4. The molecule has 0 radical (unpaired) electrons. The van der Waals surface area contributed by atoms with E-state index in [4.69, 9.17) is 10.00 Å². The van der Waals surface area contributed by atoms with E-state index in [0.29, 0.717) is 23.3 Å². The van der Waals surface area contributed by atoms with Crippen LogP contribution in [0.2, 0.25) is 0 Å². The number of carbonyl (C=O) groups is 1. The van der Waals surface area contributed by atoms with E-state index in [2.05, 4.69) is 19.6 Å². The zero-order chi connectivity index (χ0) is 19.0. The topological polar surface area (TPSA) is 50.1 Å². The molecule has 0 saturated carbocycles. The van der Waals surface area contributed by atoms with E-state index < -0.39 is 5.60 Å². The Balaban J connectivity index is 1.67. The van der Waals surface area contributed by atoms with Gasteiger partial charge >= 0.3 is 0 Å². The number of rotatable bonds is 3. The minimum absolute atomic E-state index is 0.121. The first-order valence-corrected chi connectivity index (χ1v) is 9.27. The number of hydrogen-bond donors (Lipinski definition) is 0. The van der Waals surface area contributed by atoms with Gasteiger partial charge in [-0.15, -0.1) is 0 Å². The quantitative estimate of drug-likeness (QED) is 0.718. The molecule has 0 N–H and O–H groups in total. The molecule has 2 aliphatic rings. The molecule has 3 heteroatoms. The van der Waals surface area contributed by atoms with Crippen LogP contribution in [-0.2, 0) is 0 Å². The lowest BCUT2D eigenvalue weighted by atomic mass is 9.85. The Bertz CT molecular complexity index is 1020. The zero-order valence-electron chi connectivity index (χ0n) is 15.4. The monoisotopic (exact) mass is 355 g/mol. The molecule has 27 heavy (non-hydrogen) atoms. The van der Waals surface area contributed by atoms with Crippen LogP contribution in [-0.4, -0.2) is 11.4 Å². The van der Waals surface area contributed by atoms with E-state index in [0.717, 1.165) is 30.4 Å². The Morgan fingerprint density at radius 1 is 1.19 bits per heavy atom. The van der Waals surface area contributed by atoms with Gasteiger partial charge in [-0.05, 0) is 47.4 Å². The van der Waals surface area contributed by atoms with Gasteiger partial charge in [0.15, 0.2) is 5.78 Å². The summed E-state index contributed by atoms with van der Waals surface area (Å²) in [6.45, 7) is 6.06. The second-order valence-electron chi connectivity index (χ2n) is 7.33. The van der Waals surface area contributed by atoms with E-state index in [9.17, 15) is 4.79 Å². The van der Waals surface area contributed by atoms with Gasteiger partial charge in [-0.2, -0.15) is 5.26 Å². The lowest BCUT2D eigenvalue weighted by Crippen LogP contribution is -2.40. The van der Waals surface area contributed by atoms with Crippen molar-refractivity contribution in [3.63, 3.8) is 0 Å². The highest BCUT2D eigenvalue weighted by Gasteiger charge is 2.45. The molecule has 0 bridgehead atoms. The first-order chi connectivity index (χ1) is 13.1. The normalized spacial score (nSPS) is 21.0. The molecule has 1 heterocycles. The van der Waals surface area contributed by atoms with E-state index in [1.807, 2.05) is 42.5 Å². The molecule has 0 fully saturated rings. The molecule has 1 atom stereocenters. The Morgan fingerprint density at radius 2 is 2.00 bits per heavy atom. The fraction of sp³-hybridized carbons (Fsp3) is 0.250. The number of nitriles is 1. The Labute approximate surface area is 159 Å². The molecule has 0 amide bonds. The fourth-order valence-electron chi connectivity index (χ4n) is 4.24. The van der Waals surface area contributed by atoms with Crippen molar-refractivity contribution in [3.8, 4) is 22.9 Å². The van der Waals surface area contributed by atoms with Gasteiger partial charge in [0.1, 0.15) is 11.4 Å². The molecular formula is C24H21NO2. The van der Waals surface area contributed by atoms with Crippen LogP contribution in [0.1, 0.15) is 48.5 Å². The molecule has 0 aromatic heterocycles. The first-order valence-electron chi connectivity index (χ1n) is 9.27. The van der Waals surface area contributed by atoms with Crippen LogP contribution in [0.3, 0.4) is 0 Å². The number of ketones is 1.